The lowest BCUT2D eigenvalue weighted by Crippen LogP contribution is -2.01. The quantitative estimate of drug-likeness (QED) is 0.473. The van der Waals surface area contributed by atoms with Gasteiger partial charge < -0.3 is 10.1 Å². The molecule has 2 aromatic carbocycles. The molecule has 2 aromatic rings. The zero-order chi connectivity index (χ0) is 16.7. The highest BCUT2D eigenvalue weighted by molar-refractivity contribution is 5.72. The molecule has 6 heteroatoms. The molecule has 2 rings (SSSR count). The van der Waals surface area contributed by atoms with Crippen LogP contribution in [-0.4, -0.2) is 25.3 Å². The highest BCUT2D eigenvalue weighted by atomic mass is 19.1. The van der Waals surface area contributed by atoms with E-state index in [0.717, 1.165) is 11.3 Å². The summed E-state index contributed by atoms with van der Waals surface area (Å²) in [7, 11) is 1.84. The smallest absolute Gasteiger partial charge is 0.311 e. The molecule has 23 heavy (non-hydrogen) atoms. The average Bonchev–Trinajstić information content (AvgIpc) is 2.58. The highest BCUT2D eigenvalue weighted by Crippen LogP contribution is 2.28. The number of benzene rings is 2. The van der Waals surface area contributed by atoms with Crippen molar-refractivity contribution in [1.29, 1.82) is 0 Å². The predicted molar refractivity (Wildman–Crippen MR) is 89.5 cm³/mol. The van der Waals surface area contributed by atoms with Crippen LogP contribution in [0.25, 0.3) is 12.2 Å². The molecule has 0 spiro atoms. The molecule has 120 valence electrons. The molecule has 0 bridgehead atoms. The molecular weight excluding hydrogens is 299 g/mol. The molecule has 0 unspecified atom stereocenters. The third-order valence-electron chi connectivity index (χ3n) is 3.18. The van der Waals surface area contributed by atoms with Gasteiger partial charge in [0.05, 0.1) is 4.92 Å². The normalized spacial score (nSPS) is 10.7. The highest BCUT2D eigenvalue weighted by Gasteiger charge is 2.15. The second-order valence-electron chi connectivity index (χ2n) is 4.73. The van der Waals surface area contributed by atoms with Gasteiger partial charge in [-0.05, 0) is 29.3 Å². The first-order valence-corrected chi connectivity index (χ1v) is 7.07. The Balaban J connectivity index is 2.20. The van der Waals surface area contributed by atoms with E-state index in [1.165, 1.54) is 12.1 Å². The zero-order valence-electron chi connectivity index (χ0n) is 12.7. The standard InChI is InChI=1S/C17H17FN2O3/c1-19-15-7-4-13(5-8-15)2-3-14-6-9-17(23-11-10-18)16(12-14)20(21)22/h2-9,12,19H,10-11H2,1H3/b3-2+. The maximum Gasteiger partial charge on any atom is 0.311 e. The Morgan fingerprint density at radius 3 is 2.43 bits per heavy atom. The summed E-state index contributed by atoms with van der Waals surface area (Å²) >= 11 is 0. The third kappa shape index (κ3) is 4.54. The van der Waals surface area contributed by atoms with Gasteiger partial charge in [0.1, 0.15) is 13.3 Å². The fourth-order valence-corrected chi connectivity index (χ4v) is 2.00. The number of nitro benzene ring substituents is 1. The Morgan fingerprint density at radius 1 is 1.17 bits per heavy atom. The molecule has 0 atom stereocenters. The van der Waals surface area contributed by atoms with Crippen LogP contribution in [0.3, 0.4) is 0 Å². The minimum atomic E-state index is -0.693. The van der Waals surface area contributed by atoms with E-state index >= 15 is 0 Å². The van der Waals surface area contributed by atoms with Crippen molar-refractivity contribution in [2.45, 2.75) is 0 Å². The molecule has 0 radical (unpaired) electrons. The molecule has 0 fully saturated rings. The van der Waals surface area contributed by atoms with Gasteiger partial charge in [-0.3, -0.25) is 10.1 Å². The first kappa shape index (κ1) is 16.5. The van der Waals surface area contributed by atoms with E-state index in [1.807, 2.05) is 37.4 Å². The van der Waals surface area contributed by atoms with Crippen LogP contribution in [0.5, 0.6) is 5.75 Å². The maximum atomic E-state index is 12.1. The number of halogens is 1. The molecule has 0 saturated heterocycles. The maximum absolute atomic E-state index is 12.1. The summed E-state index contributed by atoms with van der Waals surface area (Å²) in [4.78, 5) is 10.5. The summed E-state index contributed by atoms with van der Waals surface area (Å²) in [6.45, 7) is -0.894. The largest absolute Gasteiger partial charge is 0.484 e. The van der Waals surface area contributed by atoms with Crippen molar-refractivity contribution < 1.29 is 14.1 Å². The van der Waals surface area contributed by atoms with Gasteiger partial charge in [-0.25, -0.2) is 4.39 Å². The molecule has 1 N–H and O–H groups in total. The Morgan fingerprint density at radius 2 is 1.83 bits per heavy atom. The van der Waals surface area contributed by atoms with Gasteiger partial charge >= 0.3 is 5.69 Å². The molecular formula is C17H17FN2O3. The minimum Gasteiger partial charge on any atom is -0.484 e. The van der Waals surface area contributed by atoms with Crippen molar-refractivity contribution in [2.75, 3.05) is 25.6 Å². The van der Waals surface area contributed by atoms with Crippen LogP contribution in [-0.2, 0) is 0 Å². The molecule has 0 saturated carbocycles. The number of hydrogen-bond acceptors (Lipinski definition) is 4. The predicted octanol–water partition coefficient (Wildman–Crippen LogP) is 4.16. The first-order chi connectivity index (χ1) is 11.1. The van der Waals surface area contributed by atoms with E-state index in [0.29, 0.717) is 5.56 Å². The summed E-state index contributed by atoms with van der Waals surface area (Å²) in [5, 5.41) is 14.1. The van der Waals surface area contributed by atoms with Crippen molar-refractivity contribution >= 4 is 23.5 Å². The number of hydrogen-bond donors (Lipinski definition) is 1. The van der Waals surface area contributed by atoms with E-state index in [9.17, 15) is 14.5 Å². The van der Waals surface area contributed by atoms with Gasteiger partial charge in [0.15, 0.2) is 5.75 Å². The summed E-state index contributed by atoms with van der Waals surface area (Å²) in [6, 6.07) is 12.3. The fourth-order valence-electron chi connectivity index (χ4n) is 2.00. The lowest BCUT2D eigenvalue weighted by Gasteiger charge is -2.05. The van der Waals surface area contributed by atoms with Crippen LogP contribution in [0, 0.1) is 10.1 Å². The molecule has 0 aliphatic heterocycles. The SMILES string of the molecule is CNc1ccc(/C=C/c2ccc(OCCF)c([N+](=O)[O-])c2)cc1. The van der Waals surface area contributed by atoms with Gasteiger partial charge in [-0.15, -0.1) is 0 Å². The van der Waals surface area contributed by atoms with Crippen molar-refractivity contribution in [3.63, 3.8) is 0 Å². The molecule has 5 nitrogen and oxygen atoms in total. The van der Waals surface area contributed by atoms with Crippen molar-refractivity contribution in [3.05, 3.63) is 63.7 Å². The second-order valence-corrected chi connectivity index (χ2v) is 4.73. The van der Waals surface area contributed by atoms with Crippen LogP contribution in [0.1, 0.15) is 11.1 Å². The van der Waals surface area contributed by atoms with Gasteiger partial charge in [0, 0.05) is 18.8 Å². The Hall–Kier alpha value is -2.89. The van der Waals surface area contributed by atoms with Crippen molar-refractivity contribution in [1.82, 2.24) is 0 Å². The van der Waals surface area contributed by atoms with Crippen molar-refractivity contribution in [3.8, 4) is 5.75 Å². The lowest BCUT2D eigenvalue weighted by atomic mass is 10.1. The molecule has 0 aromatic heterocycles. The van der Waals surface area contributed by atoms with Gasteiger partial charge in [0.2, 0.25) is 0 Å². The molecule has 0 aliphatic rings. The second kappa shape index (κ2) is 7.93. The summed E-state index contributed by atoms with van der Waals surface area (Å²) in [5.41, 5.74) is 2.48. The minimum absolute atomic E-state index is 0.0724. The third-order valence-corrected chi connectivity index (χ3v) is 3.18. The van der Waals surface area contributed by atoms with Crippen LogP contribution in [0.2, 0.25) is 0 Å². The zero-order valence-corrected chi connectivity index (χ0v) is 12.7. The number of ether oxygens (including phenoxy) is 1. The van der Waals surface area contributed by atoms with E-state index in [2.05, 4.69) is 5.32 Å². The monoisotopic (exact) mass is 316 g/mol. The van der Waals surface area contributed by atoms with Crippen LogP contribution in [0.15, 0.2) is 42.5 Å². The van der Waals surface area contributed by atoms with E-state index in [-0.39, 0.29) is 18.0 Å². The van der Waals surface area contributed by atoms with Crippen molar-refractivity contribution in [2.24, 2.45) is 0 Å². The Labute approximate surface area is 133 Å². The average molecular weight is 316 g/mol. The number of nitrogens with one attached hydrogen (secondary N) is 1. The molecule has 0 heterocycles. The van der Waals surface area contributed by atoms with Crippen LogP contribution >= 0.6 is 0 Å². The summed E-state index contributed by atoms with van der Waals surface area (Å²) < 4.78 is 17.2. The number of nitrogens with zero attached hydrogens (tertiary/aromatic N) is 1. The Kier molecular flexibility index (Phi) is 5.68. The molecule has 0 aliphatic carbocycles. The first-order valence-electron chi connectivity index (χ1n) is 7.07. The topological polar surface area (TPSA) is 64.4 Å². The fraction of sp³-hybridized carbons (Fsp3) is 0.176. The van der Waals surface area contributed by atoms with E-state index in [1.54, 1.807) is 12.1 Å². The summed E-state index contributed by atoms with van der Waals surface area (Å²) in [5.74, 6) is 0.0724. The molecule has 0 amide bonds. The number of rotatable bonds is 7. The van der Waals surface area contributed by atoms with E-state index < -0.39 is 11.6 Å². The van der Waals surface area contributed by atoms with E-state index in [4.69, 9.17) is 4.74 Å². The van der Waals surface area contributed by atoms with Gasteiger partial charge in [-0.2, -0.15) is 0 Å². The van der Waals surface area contributed by atoms with Gasteiger partial charge in [0.25, 0.3) is 0 Å². The number of alkyl halides is 1. The Bertz CT molecular complexity index is 699. The number of nitro groups is 1. The number of anilines is 1. The van der Waals surface area contributed by atoms with Crippen LogP contribution in [0.4, 0.5) is 15.8 Å². The lowest BCUT2D eigenvalue weighted by molar-refractivity contribution is -0.385. The van der Waals surface area contributed by atoms with Crippen LogP contribution < -0.4 is 10.1 Å². The summed E-state index contributed by atoms with van der Waals surface area (Å²) in [6.07, 6.45) is 3.64. The van der Waals surface area contributed by atoms with Gasteiger partial charge in [-0.1, -0.05) is 30.4 Å².